The average Bonchev–Trinajstić information content (AvgIpc) is 3.39. The van der Waals surface area contributed by atoms with Crippen LogP contribution in [0.15, 0.2) is 34.0 Å². The monoisotopic (exact) mass is 479 g/mol. The molecule has 3 rings (SSSR count). The average molecular weight is 479 g/mol. The largest absolute Gasteiger partial charge is 0.417 e. The number of hydrogen-bond donors (Lipinski definition) is 2. The number of hydrogen-bond acceptors (Lipinski definition) is 9. The van der Waals surface area contributed by atoms with Gasteiger partial charge in [-0.2, -0.15) is 23.0 Å². The summed E-state index contributed by atoms with van der Waals surface area (Å²) in [6, 6.07) is 4.88. The summed E-state index contributed by atoms with van der Waals surface area (Å²) in [6.45, 7) is 5.83. The number of nitrogens with one attached hydrogen (secondary N) is 1. The fraction of sp³-hybridized carbons (Fsp3) is 0.400. The Morgan fingerprint density at radius 3 is 2.56 bits per heavy atom. The maximum Gasteiger partial charge on any atom is 0.417 e. The molecule has 0 radical (unpaired) electrons. The van der Waals surface area contributed by atoms with Crippen LogP contribution in [0.3, 0.4) is 0 Å². The van der Waals surface area contributed by atoms with Gasteiger partial charge < -0.3 is 5.73 Å². The van der Waals surface area contributed by atoms with E-state index >= 15 is 0 Å². The smallest absolute Gasteiger partial charge is 0.378 e. The zero-order valence-corrected chi connectivity index (χ0v) is 18.6. The van der Waals surface area contributed by atoms with Crippen LogP contribution in [0.1, 0.15) is 54.0 Å². The van der Waals surface area contributed by atoms with Crippen molar-refractivity contribution < 1.29 is 22.6 Å². The predicted molar refractivity (Wildman–Crippen MR) is 116 cm³/mol. The van der Waals surface area contributed by atoms with Gasteiger partial charge in [0.05, 0.1) is 17.5 Å². The van der Waals surface area contributed by atoms with E-state index in [2.05, 4.69) is 40.7 Å². The first-order valence-corrected chi connectivity index (χ1v) is 10.5. The molecular weight excluding hydrogens is 455 g/mol. The molecule has 3 aromatic rings. The lowest BCUT2D eigenvalue weighted by Crippen LogP contribution is -2.28. The Morgan fingerprint density at radius 2 is 1.94 bits per heavy atom. The van der Waals surface area contributed by atoms with Crippen LogP contribution in [0.5, 0.6) is 0 Å². The minimum Gasteiger partial charge on any atom is -0.378 e. The van der Waals surface area contributed by atoms with E-state index in [0.29, 0.717) is 5.69 Å². The maximum atomic E-state index is 13.2. The molecule has 11 nitrogen and oxygen atoms in total. The number of benzene rings is 1. The predicted octanol–water partition coefficient (Wildman–Crippen LogP) is 2.64. The molecule has 0 saturated carbocycles. The second-order valence-electron chi connectivity index (χ2n) is 7.33. The Balaban J connectivity index is 1.89. The van der Waals surface area contributed by atoms with Gasteiger partial charge in [-0.25, -0.2) is 10.1 Å². The van der Waals surface area contributed by atoms with Crippen LogP contribution in [-0.4, -0.2) is 55.4 Å². The first-order valence-electron chi connectivity index (χ1n) is 10.5. The minimum atomic E-state index is -4.56. The lowest BCUT2D eigenvalue weighted by atomic mass is 10.1. The van der Waals surface area contributed by atoms with E-state index in [9.17, 15) is 18.0 Å². The molecule has 0 spiro atoms. The van der Waals surface area contributed by atoms with Gasteiger partial charge in [-0.1, -0.05) is 37.3 Å². The van der Waals surface area contributed by atoms with Crippen LogP contribution in [0.2, 0.25) is 0 Å². The molecule has 0 aliphatic carbocycles. The van der Waals surface area contributed by atoms with Crippen molar-refractivity contribution >= 4 is 17.9 Å². The first kappa shape index (κ1) is 24.8. The number of nitrogens with two attached hydrogens (primary N) is 1. The van der Waals surface area contributed by atoms with Crippen molar-refractivity contribution in [1.29, 1.82) is 0 Å². The molecule has 0 aliphatic heterocycles. The quantitative estimate of drug-likeness (QED) is 0.334. The number of rotatable bonds is 10. The van der Waals surface area contributed by atoms with Crippen molar-refractivity contribution in [1.82, 2.24) is 35.6 Å². The molecule has 14 heteroatoms. The highest BCUT2D eigenvalue weighted by Gasteiger charge is 2.32. The number of hydrazone groups is 1. The summed E-state index contributed by atoms with van der Waals surface area (Å²) in [7, 11) is 0. The summed E-state index contributed by atoms with van der Waals surface area (Å²) in [5.74, 6) is -0.737. The number of aromatic nitrogens is 5. The van der Waals surface area contributed by atoms with E-state index in [4.69, 9.17) is 5.73 Å². The van der Waals surface area contributed by atoms with E-state index in [0.717, 1.165) is 38.2 Å². The highest BCUT2D eigenvalue weighted by atomic mass is 19.4. The number of anilines is 1. The summed E-state index contributed by atoms with van der Waals surface area (Å²) in [6.07, 6.45) is -1.89. The normalized spacial score (nSPS) is 12.1. The fourth-order valence-corrected chi connectivity index (χ4v) is 3.32. The molecule has 0 atom stereocenters. The third-order valence-corrected chi connectivity index (χ3v) is 4.76. The highest BCUT2D eigenvalue weighted by Crippen LogP contribution is 2.31. The number of nitrogens with zero attached hydrogens (tertiary/aromatic N) is 7. The molecule has 0 fully saturated rings. The van der Waals surface area contributed by atoms with Gasteiger partial charge in [0.2, 0.25) is 11.6 Å². The Bertz CT molecular complexity index is 1130. The third-order valence-electron chi connectivity index (χ3n) is 4.76. The van der Waals surface area contributed by atoms with Crippen LogP contribution in [-0.2, 0) is 12.7 Å². The van der Waals surface area contributed by atoms with Gasteiger partial charge in [-0.15, -0.1) is 5.10 Å². The molecule has 0 unspecified atom stereocenters. The Morgan fingerprint density at radius 1 is 1.24 bits per heavy atom. The van der Waals surface area contributed by atoms with Crippen LogP contribution in [0.4, 0.5) is 19.0 Å². The van der Waals surface area contributed by atoms with Crippen LogP contribution < -0.4 is 11.2 Å². The van der Waals surface area contributed by atoms with Gasteiger partial charge in [0.1, 0.15) is 0 Å². The van der Waals surface area contributed by atoms with Crippen molar-refractivity contribution in [2.45, 2.75) is 39.4 Å². The zero-order valence-electron chi connectivity index (χ0n) is 18.6. The lowest BCUT2D eigenvalue weighted by Gasteiger charge is -2.21. The number of nitrogen functional groups attached to an aromatic ring is 1. The standard InChI is InChI=1S/C20H24F3N9O2/c1-3-9-31(10-4-2)12-15-16(26-30-32(15)18-17(24)28-34-29-18)19(33)27-25-11-13-7-5-6-8-14(13)20(21,22)23/h5-8,11H,3-4,9-10,12H2,1-2H3,(H2,24,28)(H,27,33)/b25-11-. The van der Waals surface area contributed by atoms with Gasteiger partial charge >= 0.3 is 6.18 Å². The van der Waals surface area contributed by atoms with Gasteiger partial charge in [-0.3, -0.25) is 9.69 Å². The van der Waals surface area contributed by atoms with Gasteiger partial charge in [0.15, 0.2) is 5.69 Å². The maximum absolute atomic E-state index is 13.2. The highest BCUT2D eigenvalue weighted by molar-refractivity contribution is 5.94. The van der Waals surface area contributed by atoms with E-state index in [1.54, 1.807) is 0 Å². The van der Waals surface area contributed by atoms with Gasteiger partial charge in [-0.05, 0) is 42.3 Å². The SMILES string of the molecule is CCCN(CCC)Cc1c(C(=O)N/N=C\c2ccccc2C(F)(F)F)nnn1-c1nonc1N. The molecule has 182 valence electrons. The molecule has 2 aromatic heterocycles. The van der Waals surface area contributed by atoms with Crippen molar-refractivity contribution in [2.24, 2.45) is 5.10 Å². The lowest BCUT2D eigenvalue weighted by molar-refractivity contribution is -0.137. The molecular formula is C20H24F3N9O2. The van der Waals surface area contributed by atoms with Crippen LogP contribution in [0, 0.1) is 0 Å². The Kier molecular flexibility index (Phi) is 7.94. The van der Waals surface area contributed by atoms with E-state index < -0.39 is 17.6 Å². The number of amides is 1. The molecule has 0 bridgehead atoms. The molecule has 2 heterocycles. The Labute approximate surface area is 192 Å². The van der Waals surface area contributed by atoms with Crippen LogP contribution >= 0.6 is 0 Å². The molecule has 1 aromatic carbocycles. The second-order valence-corrected chi connectivity index (χ2v) is 7.33. The van der Waals surface area contributed by atoms with E-state index in [1.165, 1.54) is 22.9 Å². The van der Waals surface area contributed by atoms with Crippen molar-refractivity contribution in [3.63, 3.8) is 0 Å². The van der Waals surface area contributed by atoms with Crippen molar-refractivity contribution in [3.8, 4) is 5.82 Å². The molecule has 1 amide bonds. The number of alkyl halides is 3. The summed E-state index contributed by atoms with van der Waals surface area (Å²) in [4.78, 5) is 14.9. The van der Waals surface area contributed by atoms with Gasteiger partial charge in [0, 0.05) is 12.1 Å². The van der Waals surface area contributed by atoms with Gasteiger partial charge in [0.25, 0.3) is 5.91 Å². The first-order chi connectivity index (χ1) is 16.3. The summed E-state index contributed by atoms with van der Waals surface area (Å²) in [5.41, 5.74) is 7.20. The number of carbonyl (C=O) groups is 1. The summed E-state index contributed by atoms with van der Waals surface area (Å²) in [5, 5.41) is 18.8. The van der Waals surface area contributed by atoms with E-state index in [-0.39, 0.29) is 29.4 Å². The third kappa shape index (κ3) is 5.75. The van der Waals surface area contributed by atoms with Crippen molar-refractivity contribution in [3.05, 3.63) is 46.8 Å². The molecule has 0 saturated heterocycles. The second kappa shape index (κ2) is 10.9. The summed E-state index contributed by atoms with van der Waals surface area (Å²) >= 11 is 0. The number of carbonyl (C=O) groups excluding carboxylic acids is 1. The molecule has 3 N–H and O–H groups in total. The number of halogens is 3. The van der Waals surface area contributed by atoms with Crippen molar-refractivity contribution in [2.75, 3.05) is 18.8 Å². The zero-order chi connectivity index (χ0) is 24.7. The van der Waals surface area contributed by atoms with Crippen LogP contribution in [0.25, 0.3) is 5.82 Å². The minimum absolute atomic E-state index is 0.0441. The molecule has 0 aliphatic rings. The van der Waals surface area contributed by atoms with E-state index in [1.807, 2.05) is 13.8 Å². The Hall–Kier alpha value is -3.81. The fourth-order valence-electron chi connectivity index (χ4n) is 3.32. The molecule has 34 heavy (non-hydrogen) atoms. The summed E-state index contributed by atoms with van der Waals surface area (Å²) < 4.78 is 45.4. The topological polar surface area (TPSA) is 140 Å².